The third-order valence-electron chi connectivity index (χ3n) is 1.40. The van der Waals surface area contributed by atoms with Crippen molar-refractivity contribution in [2.75, 3.05) is 5.33 Å². The summed E-state index contributed by atoms with van der Waals surface area (Å²) in [5.41, 5.74) is 0. The first-order valence-corrected chi connectivity index (χ1v) is 4.66. The van der Waals surface area contributed by atoms with Crippen LogP contribution in [-0.2, 0) is 7.05 Å². The maximum absolute atomic E-state index is 4.15. The van der Waals surface area contributed by atoms with Crippen LogP contribution in [0.3, 0.4) is 0 Å². The number of nitrogens with zero attached hydrogens (tertiary/aromatic N) is 2. The Bertz CT molecular complexity index is 240. The van der Waals surface area contributed by atoms with Gasteiger partial charge in [-0.2, -0.15) is 0 Å². The van der Waals surface area contributed by atoms with E-state index in [-0.39, 0.29) is 0 Å². The Morgan fingerprint density at radius 1 is 1.73 bits per heavy atom. The van der Waals surface area contributed by atoms with Gasteiger partial charge in [-0.25, -0.2) is 4.98 Å². The van der Waals surface area contributed by atoms with E-state index in [9.17, 15) is 0 Å². The zero-order valence-corrected chi connectivity index (χ0v) is 8.08. The Balaban J connectivity index is 2.56. The second-order valence-corrected chi connectivity index (χ2v) is 3.07. The van der Waals surface area contributed by atoms with Gasteiger partial charge in [0.05, 0.1) is 0 Å². The highest BCUT2D eigenvalue weighted by atomic mass is 79.9. The molecule has 0 N–H and O–H groups in total. The van der Waals surface area contributed by atoms with Crippen molar-refractivity contribution in [2.24, 2.45) is 7.05 Å². The maximum Gasteiger partial charge on any atom is 0.131 e. The molecule has 0 aliphatic heterocycles. The number of imidazole rings is 1. The molecule has 1 aromatic rings. The van der Waals surface area contributed by atoms with E-state index in [1.54, 1.807) is 6.20 Å². The van der Waals surface area contributed by atoms with Crippen molar-refractivity contribution >= 4 is 22.0 Å². The van der Waals surface area contributed by atoms with Crippen molar-refractivity contribution in [2.45, 2.75) is 6.42 Å². The molecule has 0 saturated heterocycles. The van der Waals surface area contributed by atoms with Crippen molar-refractivity contribution in [1.82, 2.24) is 9.55 Å². The van der Waals surface area contributed by atoms with Gasteiger partial charge >= 0.3 is 0 Å². The van der Waals surface area contributed by atoms with Gasteiger partial charge in [0.15, 0.2) is 0 Å². The van der Waals surface area contributed by atoms with Crippen LogP contribution in [0.2, 0.25) is 0 Å². The number of hydrogen-bond acceptors (Lipinski definition) is 1. The topological polar surface area (TPSA) is 17.8 Å². The van der Waals surface area contributed by atoms with Crippen molar-refractivity contribution in [1.29, 1.82) is 0 Å². The lowest BCUT2D eigenvalue weighted by molar-refractivity contribution is 0.896. The lowest BCUT2D eigenvalue weighted by Crippen LogP contribution is -1.88. The second kappa shape index (κ2) is 4.34. The summed E-state index contributed by atoms with van der Waals surface area (Å²) in [5.74, 6) is 1.01. The van der Waals surface area contributed by atoms with Crippen LogP contribution in [0.5, 0.6) is 0 Å². The smallest absolute Gasteiger partial charge is 0.131 e. The summed E-state index contributed by atoms with van der Waals surface area (Å²) in [6.07, 6.45) is 8.92. The molecule has 0 spiro atoms. The standard InChI is InChI=1S/C8H11BrN2/c1-11-7-6-10-8(11)4-2-3-5-9/h2,4,6-7H,3,5H2,1H3. The summed E-state index contributed by atoms with van der Waals surface area (Å²) in [7, 11) is 1.99. The van der Waals surface area contributed by atoms with Crippen molar-refractivity contribution in [3.05, 3.63) is 24.3 Å². The van der Waals surface area contributed by atoms with Gasteiger partial charge in [0.2, 0.25) is 0 Å². The summed E-state index contributed by atoms with van der Waals surface area (Å²) in [4.78, 5) is 4.15. The quantitative estimate of drug-likeness (QED) is 0.707. The molecule has 60 valence electrons. The van der Waals surface area contributed by atoms with Gasteiger partial charge in [-0.1, -0.05) is 22.0 Å². The van der Waals surface area contributed by atoms with Crippen molar-refractivity contribution < 1.29 is 0 Å². The van der Waals surface area contributed by atoms with E-state index in [1.165, 1.54) is 0 Å². The van der Waals surface area contributed by atoms with Gasteiger partial charge in [-0.3, -0.25) is 0 Å². The van der Waals surface area contributed by atoms with E-state index in [1.807, 2.05) is 23.9 Å². The molecule has 0 amide bonds. The highest BCUT2D eigenvalue weighted by Gasteiger charge is 1.90. The largest absolute Gasteiger partial charge is 0.335 e. The molecule has 0 fully saturated rings. The molecule has 2 nitrogen and oxygen atoms in total. The maximum atomic E-state index is 4.15. The van der Waals surface area contributed by atoms with Gasteiger partial charge in [-0.05, 0) is 12.5 Å². The molecule has 0 atom stereocenters. The Morgan fingerprint density at radius 3 is 3.09 bits per heavy atom. The van der Waals surface area contributed by atoms with Crippen LogP contribution >= 0.6 is 15.9 Å². The lowest BCUT2D eigenvalue weighted by atomic mass is 10.4. The minimum Gasteiger partial charge on any atom is -0.335 e. The Morgan fingerprint density at radius 2 is 2.55 bits per heavy atom. The number of halogens is 1. The molecular weight excluding hydrogens is 204 g/mol. The Hall–Kier alpha value is -0.570. The zero-order valence-electron chi connectivity index (χ0n) is 6.50. The van der Waals surface area contributed by atoms with Gasteiger partial charge in [-0.15, -0.1) is 0 Å². The summed E-state index contributed by atoms with van der Waals surface area (Å²) in [6, 6.07) is 0. The molecule has 1 rings (SSSR count). The van der Waals surface area contributed by atoms with E-state index < -0.39 is 0 Å². The average molecular weight is 215 g/mol. The fourth-order valence-corrected chi connectivity index (χ4v) is 1.05. The van der Waals surface area contributed by atoms with Crippen LogP contribution in [-0.4, -0.2) is 14.9 Å². The molecule has 0 aromatic carbocycles. The monoisotopic (exact) mass is 214 g/mol. The fourth-order valence-electron chi connectivity index (χ4n) is 0.789. The van der Waals surface area contributed by atoms with Gasteiger partial charge in [0.1, 0.15) is 5.82 Å². The molecule has 0 radical (unpaired) electrons. The first kappa shape index (κ1) is 8.53. The average Bonchev–Trinajstić information content (AvgIpc) is 2.37. The third kappa shape index (κ3) is 2.50. The van der Waals surface area contributed by atoms with E-state index in [0.717, 1.165) is 17.6 Å². The third-order valence-corrected chi connectivity index (χ3v) is 1.86. The molecule has 0 aliphatic carbocycles. The summed E-state index contributed by atoms with van der Waals surface area (Å²) < 4.78 is 1.99. The molecule has 11 heavy (non-hydrogen) atoms. The number of allylic oxidation sites excluding steroid dienone is 1. The van der Waals surface area contributed by atoms with E-state index in [2.05, 4.69) is 27.0 Å². The molecule has 1 aromatic heterocycles. The minimum absolute atomic E-state index is 1.01. The number of alkyl halides is 1. The van der Waals surface area contributed by atoms with Crippen LogP contribution in [0.15, 0.2) is 18.5 Å². The van der Waals surface area contributed by atoms with Crippen LogP contribution < -0.4 is 0 Å². The molecule has 0 unspecified atom stereocenters. The van der Waals surface area contributed by atoms with Crippen LogP contribution in [0.1, 0.15) is 12.2 Å². The number of rotatable bonds is 3. The fraction of sp³-hybridized carbons (Fsp3) is 0.375. The summed E-state index contributed by atoms with van der Waals surface area (Å²) in [5, 5.41) is 1.01. The highest BCUT2D eigenvalue weighted by molar-refractivity contribution is 9.09. The van der Waals surface area contributed by atoms with Crippen LogP contribution in [0.4, 0.5) is 0 Å². The normalized spacial score (nSPS) is 11.1. The van der Waals surface area contributed by atoms with Crippen molar-refractivity contribution in [3.63, 3.8) is 0 Å². The minimum atomic E-state index is 1.01. The number of aromatic nitrogens is 2. The first-order valence-electron chi connectivity index (χ1n) is 3.54. The van der Waals surface area contributed by atoms with Crippen LogP contribution in [0, 0.1) is 0 Å². The highest BCUT2D eigenvalue weighted by Crippen LogP contribution is 1.99. The predicted molar refractivity (Wildman–Crippen MR) is 50.7 cm³/mol. The van der Waals surface area contributed by atoms with Gasteiger partial charge in [0, 0.05) is 24.8 Å². The molecule has 1 heterocycles. The summed E-state index contributed by atoms with van der Waals surface area (Å²) >= 11 is 3.35. The first-order chi connectivity index (χ1) is 5.34. The van der Waals surface area contributed by atoms with E-state index >= 15 is 0 Å². The van der Waals surface area contributed by atoms with E-state index in [0.29, 0.717) is 0 Å². The molecule has 3 heteroatoms. The Kier molecular flexibility index (Phi) is 3.36. The zero-order chi connectivity index (χ0) is 8.10. The number of aryl methyl sites for hydroxylation is 1. The molecular formula is C8H11BrN2. The van der Waals surface area contributed by atoms with Gasteiger partial charge < -0.3 is 4.57 Å². The Labute approximate surface area is 75.1 Å². The molecule has 0 aliphatic rings. The number of hydrogen-bond donors (Lipinski definition) is 0. The predicted octanol–water partition coefficient (Wildman–Crippen LogP) is 2.22. The van der Waals surface area contributed by atoms with E-state index in [4.69, 9.17) is 0 Å². The van der Waals surface area contributed by atoms with Crippen LogP contribution in [0.25, 0.3) is 6.08 Å². The van der Waals surface area contributed by atoms with Crippen molar-refractivity contribution in [3.8, 4) is 0 Å². The molecule has 0 bridgehead atoms. The second-order valence-electron chi connectivity index (χ2n) is 2.28. The molecule has 0 saturated carbocycles. The summed E-state index contributed by atoms with van der Waals surface area (Å²) in [6.45, 7) is 0. The SMILES string of the molecule is Cn1ccnc1C=CCCBr. The van der Waals surface area contributed by atoms with Gasteiger partial charge in [0.25, 0.3) is 0 Å². The lowest BCUT2D eigenvalue weighted by Gasteiger charge is -1.92.